The molecular formula is C7H5ClN4. The molecule has 0 radical (unpaired) electrons. The number of pyridine rings is 1. The number of hydrogen-bond donors (Lipinski definition) is 1. The van der Waals surface area contributed by atoms with E-state index in [4.69, 9.17) is 17.3 Å². The standard InChI is InChI=1S/C7H5ClN4/c8-7-11-2-4-1-10-3-5(9)6(4)12-7/h1-3H,9H2. The highest BCUT2D eigenvalue weighted by Gasteiger charge is 2.00. The van der Waals surface area contributed by atoms with Crippen LogP contribution in [0.25, 0.3) is 10.9 Å². The van der Waals surface area contributed by atoms with Crippen molar-refractivity contribution in [1.82, 2.24) is 15.0 Å². The lowest BCUT2D eigenvalue weighted by Crippen LogP contribution is -1.92. The molecule has 2 N–H and O–H groups in total. The first-order valence-electron chi connectivity index (χ1n) is 3.29. The minimum atomic E-state index is 0.195. The van der Waals surface area contributed by atoms with Gasteiger partial charge in [-0.25, -0.2) is 9.97 Å². The number of nitrogens with two attached hydrogens (primary N) is 1. The summed E-state index contributed by atoms with van der Waals surface area (Å²) in [4.78, 5) is 11.7. The zero-order valence-electron chi connectivity index (χ0n) is 6.03. The van der Waals surface area contributed by atoms with Crippen molar-refractivity contribution in [2.45, 2.75) is 0 Å². The Morgan fingerprint density at radius 1 is 1.25 bits per heavy atom. The zero-order chi connectivity index (χ0) is 8.55. The van der Waals surface area contributed by atoms with Gasteiger partial charge in [0.1, 0.15) is 5.52 Å². The Morgan fingerprint density at radius 3 is 2.92 bits per heavy atom. The zero-order valence-corrected chi connectivity index (χ0v) is 6.78. The van der Waals surface area contributed by atoms with Crippen molar-refractivity contribution in [3.63, 3.8) is 0 Å². The van der Waals surface area contributed by atoms with Crippen LogP contribution in [0.3, 0.4) is 0 Å². The first-order chi connectivity index (χ1) is 5.77. The highest BCUT2D eigenvalue weighted by atomic mass is 35.5. The first-order valence-corrected chi connectivity index (χ1v) is 3.67. The maximum Gasteiger partial charge on any atom is 0.222 e. The average molecular weight is 181 g/mol. The number of rotatable bonds is 0. The lowest BCUT2D eigenvalue weighted by molar-refractivity contribution is 1.21. The lowest BCUT2D eigenvalue weighted by atomic mass is 10.3. The summed E-state index contributed by atoms with van der Waals surface area (Å²) in [5.74, 6) is 0. The van der Waals surface area contributed by atoms with Crippen LogP contribution in [0.15, 0.2) is 18.6 Å². The van der Waals surface area contributed by atoms with Crippen LogP contribution >= 0.6 is 11.6 Å². The van der Waals surface area contributed by atoms with E-state index < -0.39 is 0 Å². The summed E-state index contributed by atoms with van der Waals surface area (Å²) in [7, 11) is 0. The highest BCUT2D eigenvalue weighted by molar-refractivity contribution is 6.28. The molecule has 2 aromatic heterocycles. The summed E-state index contributed by atoms with van der Waals surface area (Å²) >= 11 is 5.59. The predicted octanol–water partition coefficient (Wildman–Crippen LogP) is 1.26. The molecule has 2 rings (SSSR count). The lowest BCUT2D eigenvalue weighted by Gasteiger charge is -1.98. The van der Waals surface area contributed by atoms with Gasteiger partial charge < -0.3 is 5.73 Å². The summed E-state index contributed by atoms with van der Waals surface area (Å²) in [6, 6.07) is 0. The largest absolute Gasteiger partial charge is 0.396 e. The smallest absolute Gasteiger partial charge is 0.222 e. The van der Waals surface area contributed by atoms with Crippen LogP contribution < -0.4 is 5.73 Å². The van der Waals surface area contributed by atoms with E-state index in [1.807, 2.05) is 0 Å². The minimum absolute atomic E-state index is 0.195. The summed E-state index contributed by atoms with van der Waals surface area (Å²) in [5.41, 5.74) is 6.77. The Kier molecular flexibility index (Phi) is 1.55. The van der Waals surface area contributed by atoms with Crippen molar-refractivity contribution in [3.8, 4) is 0 Å². The van der Waals surface area contributed by atoms with E-state index in [-0.39, 0.29) is 5.28 Å². The highest BCUT2D eigenvalue weighted by Crippen LogP contribution is 2.16. The van der Waals surface area contributed by atoms with Gasteiger partial charge in [0.25, 0.3) is 0 Å². The molecular weight excluding hydrogens is 176 g/mol. The minimum Gasteiger partial charge on any atom is -0.396 e. The molecule has 0 saturated heterocycles. The Labute approximate surface area is 73.4 Å². The molecule has 0 fully saturated rings. The van der Waals surface area contributed by atoms with E-state index in [9.17, 15) is 0 Å². The predicted molar refractivity (Wildman–Crippen MR) is 46.8 cm³/mol. The Morgan fingerprint density at radius 2 is 2.08 bits per heavy atom. The molecule has 4 nitrogen and oxygen atoms in total. The van der Waals surface area contributed by atoms with Gasteiger partial charge in [-0.15, -0.1) is 0 Å². The normalized spacial score (nSPS) is 10.4. The third kappa shape index (κ3) is 1.06. The van der Waals surface area contributed by atoms with Crippen LogP contribution in [0.4, 0.5) is 5.69 Å². The molecule has 0 aliphatic carbocycles. The number of nitrogen functional groups attached to an aromatic ring is 1. The van der Waals surface area contributed by atoms with Gasteiger partial charge in [-0.05, 0) is 11.6 Å². The van der Waals surface area contributed by atoms with Gasteiger partial charge in [0.15, 0.2) is 0 Å². The van der Waals surface area contributed by atoms with Gasteiger partial charge in [-0.3, -0.25) is 4.98 Å². The SMILES string of the molecule is Nc1cncc2cnc(Cl)nc12. The molecule has 2 aromatic rings. The molecule has 0 atom stereocenters. The summed E-state index contributed by atoms with van der Waals surface area (Å²) in [6.07, 6.45) is 4.77. The molecule has 0 saturated carbocycles. The summed E-state index contributed by atoms with van der Waals surface area (Å²) < 4.78 is 0. The summed E-state index contributed by atoms with van der Waals surface area (Å²) in [6.45, 7) is 0. The molecule has 0 amide bonds. The fraction of sp³-hybridized carbons (Fsp3) is 0. The fourth-order valence-electron chi connectivity index (χ4n) is 0.954. The quantitative estimate of drug-likeness (QED) is 0.620. The Balaban J connectivity index is 2.88. The number of hydrogen-bond acceptors (Lipinski definition) is 4. The molecule has 0 aliphatic rings. The maximum absolute atomic E-state index is 5.61. The van der Waals surface area contributed by atoms with Crippen molar-refractivity contribution in [2.24, 2.45) is 0 Å². The molecule has 2 heterocycles. The Bertz CT molecular complexity index is 429. The molecule has 0 bridgehead atoms. The molecule has 12 heavy (non-hydrogen) atoms. The molecule has 0 unspecified atom stereocenters. The van der Waals surface area contributed by atoms with Gasteiger partial charge in [0, 0.05) is 17.8 Å². The third-order valence-corrected chi connectivity index (χ3v) is 1.67. The first kappa shape index (κ1) is 7.24. The monoisotopic (exact) mass is 180 g/mol. The second-order valence-corrected chi connectivity index (χ2v) is 2.64. The van der Waals surface area contributed by atoms with Crippen LogP contribution in [0.5, 0.6) is 0 Å². The van der Waals surface area contributed by atoms with E-state index in [0.717, 1.165) is 5.39 Å². The van der Waals surface area contributed by atoms with Gasteiger partial charge >= 0.3 is 0 Å². The van der Waals surface area contributed by atoms with E-state index in [0.29, 0.717) is 11.2 Å². The van der Waals surface area contributed by atoms with E-state index >= 15 is 0 Å². The van der Waals surface area contributed by atoms with E-state index in [1.54, 1.807) is 12.4 Å². The van der Waals surface area contributed by atoms with Crippen LogP contribution in [0.1, 0.15) is 0 Å². The number of nitrogens with zero attached hydrogens (tertiary/aromatic N) is 3. The molecule has 0 aliphatic heterocycles. The summed E-state index contributed by atoms with van der Waals surface area (Å²) in [5, 5.41) is 0.986. The number of anilines is 1. The van der Waals surface area contributed by atoms with Gasteiger partial charge in [0.05, 0.1) is 11.9 Å². The third-order valence-electron chi connectivity index (χ3n) is 1.49. The number of fused-ring (bicyclic) bond motifs is 1. The van der Waals surface area contributed by atoms with Crippen LogP contribution in [-0.4, -0.2) is 15.0 Å². The van der Waals surface area contributed by atoms with Gasteiger partial charge in [-0.2, -0.15) is 0 Å². The number of halogens is 1. The van der Waals surface area contributed by atoms with Crippen LogP contribution in [0, 0.1) is 0 Å². The molecule has 0 aromatic carbocycles. The van der Waals surface area contributed by atoms with Crippen molar-refractivity contribution in [2.75, 3.05) is 5.73 Å². The van der Waals surface area contributed by atoms with Crippen molar-refractivity contribution in [3.05, 3.63) is 23.9 Å². The van der Waals surface area contributed by atoms with E-state index in [1.165, 1.54) is 6.20 Å². The molecule has 60 valence electrons. The topological polar surface area (TPSA) is 64.7 Å². The molecule has 0 spiro atoms. The average Bonchev–Trinajstić information content (AvgIpc) is 2.07. The van der Waals surface area contributed by atoms with Crippen LogP contribution in [-0.2, 0) is 0 Å². The van der Waals surface area contributed by atoms with Gasteiger partial charge in [-0.1, -0.05) is 0 Å². The second-order valence-electron chi connectivity index (χ2n) is 2.31. The Hall–Kier alpha value is -1.42. The van der Waals surface area contributed by atoms with Crippen LogP contribution in [0.2, 0.25) is 5.28 Å². The van der Waals surface area contributed by atoms with E-state index in [2.05, 4.69) is 15.0 Å². The number of aromatic nitrogens is 3. The fourth-order valence-corrected chi connectivity index (χ4v) is 1.09. The second kappa shape index (κ2) is 2.57. The van der Waals surface area contributed by atoms with Crippen molar-refractivity contribution in [1.29, 1.82) is 0 Å². The van der Waals surface area contributed by atoms with Crippen molar-refractivity contribution < 1.29 is 0 Å². The van der Waals surface area contributed by atoms with Crippen molar-refractivity contribution >= 4 is 28.2 Å². The maximum atomic E-state index is 5.61. The van der Waals surface area contributed by atoms with Gasteiger partial charge in [0.2, 0.25) is 5.28 Å². The molecule has 5 heteroatoms.